The van der Waals surface area contributed by atoms with Crippen LogP contribution >= 0.6 is 0 Å². The van der Waals surface area contributed by atoms with Crippen molar-refractivity contribution in [1.29, 1.82) is 0 Å². The molecule has 15 heavy (non-hydrogen) atoms. The van der Waals surface area contributed by atoms with Crippen LogP contribution in [-0.4, -0.2) is 12.1 Å². The number of rotatable bonds is 6. The summed E-state index contributed by atoms with van der Waals surface area (Å²) in [6.45, 7) is 8.13. The molecule has 1 heteroatoms. The Morgan fingerprint density at radius 3 is 2.53 bits per heavy atom. The minimum atomic E-state index is 0.399. The third-order valence-corrected chi connectivity index (χ3v) is 2.61. The predicted octanol–water partition coefficient (Wildman–Crippen LogP) is 3.17. The average Bonchev–Trinajstić information content (AvgIpc) is 2.27. The van der Waals surface area contributed by atoms with Crippen molar-refractivity contribution in [3.63, 3.8) is 0 Å². The molecule has 0 aliphatic rings. The molecule has 2 unspecified atom stereocenters. The molecule has 0 aliphatic heterocycles. The highest BCUT2D eigenvalue weighted by Crippen LogP contribution is 2.05. The van der Waals surface area contributed by atoms with Gasteiger partial charge in [-0.25, -0.2) is 0 Å². The summed E-state index contributed by atoms with van der Waals surface area (Å²) in [5.41, 5.74) is 1.41. The Morgan fingerprint density at radius 1 is 1.27 bits per heavy atom. The molecule has 1 rings (SSSR count). The van der Waals surface area contributed by atoms with Crippen LogP contribution in [0.25, 0.3) is 0 Å². The lowest BCUT2D eigenvalue weighted by atomic mass is 10.1. The number of nitrogens with one attached hydrogen (secondary N) is 1. The molecule has 0 heterocycles. The van der Waals surface area contributed by atoms with Crippen LogP contribution in [0.1, 0.15) is 25.8 Å². The van der Waals surface area contributed by atoms with Crippen LogP contribution in [0.4, 0.5) is 0 Å². The fourth-order valence-corrected chi connectivity index (χ4v) is 1.63. The molecule has 2 atom stereocenters. The van der Waals surface area contributed by atoms with Crippen LogP contribution in [0, 0.1) is 0 Å². The summed E-state index contributed by atoms with van der Waals surface area (Å²) in [6, 6.07) is 11.6. The average molecular weight is 203 g/mol. The third-order valence-electron chi connectivity index (χ3n) is 2.61. The quantitative estimate of drug-likeness (QED) is 0.700. The topological polar surface area (TPSA) is 12.0 Å². The predicted molar refractivity (Wildman–Crippen MR) is 67.0 cm³/mol. The molecule has 0 saturated heterocycles. The molecule has 1 N–H and O–H groups in total. The van der Waals surface area contributed by atoms with Gasteiger partial charge in [0.15, 0.2) is 0 Å². The van der Waals surface area contributed by atoms with Gasteiger partial charge < -0.3 is 5.32 Å². The largest absolute Gasteiger partial charge is 0.308 e. The lowest BCUT2D eigenvalue weighted by Gasteiger charge is -2.17. The summed E-state index contributed by atoms with van der Waals surface area (Å²) in [7, 11) is 0. The van der Waals surface area contributed by atoms with Crippen LogP contribution in [0.3, 0.4) is 0 Å². The maximum atomic E-state index is 3.77. The Bertz CT molecular complexity index is 279. The summed E-state index contributed by atoms with van der Waals surface area (Å²) < 4.78 is 0. The fraction of sp³-hybridized carbons (Fsp3) is 0.429. The van der Waals surface area contributed by atoms with Crippen LogP contribution in [0.2, 0.25) is 0 Å². The van der Waals surface area contributed by atoms with Crippen LogP contribution < -0.4 is 5.32 Å². The van der Waals surface area contributed by atoms with E-state index in [1.807, 2.05) is 6.08 Å². The van der Waals surface area contributed by atoms with E-state index in [9.17, 15) is 0 Å². The van der Waals surface area contributed by atoms with Crippen LogP contribution in [0.5, 0.6) is 0 Å². The maximum absolute atomic E-state index is 3.77. The molecule has 0 amide bonds. The molecule has 0 aromatic heterocycles. The minimum Gasteiger partial charge on any atom is -0.308 e. The lowest BCUT2D eigenvalue weighted by Crippen LogP contribution is -2.33. The summed E-state index contributed by atoms with van der Waals surface area (Å²) >= 11 is 0. The van der Waals surface area contributed by atoms with Crippen molar-refractivity contribution >= 4 is 0 Å². The van der Waals surface area contributed by atoms with Crippen LogP contribution in [0.15, 0.2) is 43.0 Å². The number of hydrogen-bond donors (Lipinski definition) is 1. The van der Waals surface area contributed by atoms with Gasteiger partial charge in [-0.1, -0.05) is 36.4 Å². The van der Waals surface area contributed by atoms with Gasteiger partial charge in [0.25, 0.3) is 0 Å². The van der Waals surface area contributed by atoms with E-state index in [1.165, 1.54) is 12.0 Å². The smallest absolute Gasteiger partial charge is 0.0221 e. The summed E-state index contributed by atoms with van der Waals surface area (Å²) in [6.07, 6.45) is 4.25. The summed E-state index contributed by atoms with van der Waals surface area (Å²) in [4.78, 5) is 0. The van der Waals surface area contributed by atoms with Crippen molar-refractivity contribution < 1.29 is 0 Å². The second-order valence-corrected chi connectivity index (χ2v) is 4.12. The first-order valence-electron chi connectivity index (χ1n) is 5.65. The van der Waals surface area contributed by atoms with E-state index >= 15 is 0 Å². The van der Waals surface area contributed by atoms with Gasteiger partial charge in [0, 0.05) is 12.1 Å². The molecule has 82 valence electrons. The van der Waals surface area contributed by atoms with Gasteiger partial charge in [0.1, 0.15) is 0 Å². The van der Waals surface area contributed by atoms with Crippen molar-refractivity contribution in [2.75, 3.05) is 0 Å². The number of aryl methyl sites for hydroxylation is 1. The SMILES string of the molecule is C=CC(C)NC(C)CCc1ccccc1. The standard InChI is InChI=1S/C14H21N/c1-4-12(2)15-13(3)10-11-14-8-6-5-7-9-14/h4-9,12-13,15H,1,10-11H2,2-3H3. The second kappa shape index (κ2) is 6.41. The lowest BCUT2D eigenvalue weighted by molar-refractivity contribution is 0.488. The van der Waals surface area contributed by atoms with E-state index in [1.54, 1.807) is 0 Å². The van der Waals surface area contributed by atoms with Crippen molar-refractivity contribution in [1.82, 2.24) is 5.32 Å². The van der Waals surface area contributed by atoms with E-state index in [0.29, 0.717) is 12.1 Å². The van der Waals surface area contributed by atoms with Crippen molar-refractivity contribution in [3.8, 4) is 0 Å². The van der Waals surface area contributed by atoms with Crippen molar-refractivity contribution in [2.45, 2.75) is 38.8 Å². The molecule has 1 nitrogen and oxygen atoms in total. The van der Waals surface area contributed by atoms with E-state index in [-0.39, 0.29) is 0 Å². The van der Waals surface area contributed by atoms with Crippen LogP contribution in [-0.2, 0) is 6.42 Å². The minimum absolute atomic E-state index is 0.399. The number of benzene rings is 1. The van der Waals surface area contributed by atoms with Crippen molar-refractivity contribution in [3.05, 3.63) is 48.6 Å². The molecule has 1 aromatic carbocycles. The van der Waals surface area contributed by atoms with Gasteiger partial charge in [0.2, 0.25) is 0 Å². The summed E-state index contributed by atoms with van der Waals surface area (Å²) in [5, 5.41) is 3.48. The van der Waals surface area contributed by atoms with Gasteiger partial charge in [-0.2, -0.15) is 0 Å². The molecule has 0 saturated carbocycles. The van der Waals surface area contributed by atoms with Gasteiger partial charge >= 0.3 is 0 Å². The Morgan fingerprint density at radius 2 is 1.93 bits per heavy atom. The van der Waals surface area contributed by atoms with E-state index in [2.05, 4.69) is 56.1 Å². The summed E-state index contributed by atoms with van der Waals surface area (Å²) in [5.74, 6) is 0. The monoisotopic (exact) mass is 203 g/mol. The number of hydrogen-bond acceptors (Lipinski definition) is 1. The maximum Gasteiger partial charge on any atom is 0.0221 e. The third kappa shape index (κ3) is 4.80. The first kappa shape index (κ1) is 12.0. The first-order chi connectivity index (χ1) is 7.22. The van der Waals surface area contributed by atoms with Gasteiger partial charge in [-0.3, -0.25) is 0 Å². The molecule has 0 aliphatic carbocycles. The Labute approximate surface area is 93.2 Å². The highest BCUT2D eigenvalue weighted by atomic mass is 14.9. The van der Waals surface area contributed by atoms with Gasteiger partial charge in [0.05, 0.1) is 0 Å². The van der Waals surface area contributed by atoms with Crippen molar-refractivity contribution in [2.24, 2.45) is 0 Å². The van der Waals surface area contributed by atoms with Gasteiger partial charge in [-0.15, -0.1) is 6.58 Å². The van der Waals surface area contributed by atoms with E-state index in [4.69, 9.17) is 0 Å². The normalized spacial score (nSPS) is 14.5. The zero-order valence-electron chi connectivity index (χ0n) is 9.74. The molecular formula is C14H21N. The Kier molecular flexibility index (Phi) is 5.13. The highest BCUT2D eigenvalue weighted by Gasteiger charge is 2.04. The van der Waals surface area contributed by atoms with E-state index in [0.717, 1.165) is 6.42 Å². The zero-order valence-corrected chi connectivity index (χ0v) is 9.74. The molecule has 0 radical (unpaired) electrons. The fourth-order valence-electron chi connectivity index (χ4n) is 1.63. The molecule has 1 aromatic rings. The van der Waals surface area contributed by atoms with E-state index < -0.39 is 0 Å². The molecule has 0 fully saturated rings. The first-order valence-corrected chi connectivity index (χ1v) is 5.65. The molecule has 0 bridgehead atoms. The van der Waals surface area contributed by atoms with Gasteiger partial charge in [-0.05, 0) is 32.3 Å². The Hall–Kier alpha value is -1.08. The molecular weight excluding hydrogens is 182 g/mol. The highest BCUT2D eigenvalue weighted by molar-refractivity contribution is 5.14. The second-order valence-electron chi connectivity index (χ2n) is 4.12. The zero-order chi connectivity index (χ0) is 11.1. The Balaban J connectivity index is 2.28. The molecule has 0 spiro atoms.